The average Bonchev–Trinajstić information content (AvgIpc) is 3.24. The van der Waals surface area contributed by atoms with Crippen LogP contribution in [0, 0.1) is 0 Å². The molecular weight excluding hydrogens is 500 g/mol. The second-order valence-electron chi connectivity index (χ2n) is 8.55. The minimum Gasteiger partial charge on any atom is -0.464 e. The van der Waals surface area contributed by atoms with Crippen molar-refractivity contribution >= 4 is 30.5 Å². The van der Waals surface area contributed by atoms with Crippen molar-refractivity contribution in [2.45, 2.75) is 63.6 Å². The average molecular weight is 535 g/mol. The lowest BCUT2D eigenvalue weighted by atomic mass is 10.0. The Bertz CT molecular complexity index is 978. The van der Waals surface area contributed by atoms with Gasteiger partial charge in [-0.05, 0) is 37.0 Å². The molecular formula is C26H34N2O10. The predicted molar refractivity (Wildman–Crippen MR) is 132 cm³/mol. The number of aliphatic hydroxyl groups is 2. The molecule has 0 bridgehead atoms. The molecule has 0 aromatic heterocycles. The first-order chi connectivity index (χ1) is 18.4. The van der Waals surface area contributed by atoms with E-state index in [0.29, 0.717) is 43.5 Å². The fourth-order valence-corrected chi connectivity index (χ4v) is 3.97. The zero-order valence-corrected chi connectivity index (χ0v) is 21.2. The van der Waals surface area contributed by atoms with E-state index in [1.54, 1.807) is 6.07 Å². The fourth-order valence-electron chi connectivity index (χ4n) is 3.97. The van der Waals surface area contributed by atoms with Gasteiger partial charge in [-0.2, -0.15) is 0 Å². The fraction of sp³-hybridized carbons (Fsp3) is 0.500. The predicted octanol–water partition coefficient (Wildman–Crippen LogP) is 0.166. The smallest absolute Gasteiger partial charge is 0.293 e. The van der Waals surface area contributed by atoms with Crippen molar-refractivity contribution < 1.29 is 48.4 Å². The van der Waals surface area contributed by atoms with E-state index in [9.17, 15) is 29.1 Å². The van der Waals surface area contributed by atoms with Crippen LogP contribution in [0.5, 0.6) is 5.75 Å². The van der Waals surface area contributed by atoms with Gasteiger partial charge >= 0.3 is 0 Å². The molecule has 0 spiro atoms. The van der Waals surface area contributed by atoms with Crippen molar-refractivity contribution in [2.24, 2.45) is 0 Å². The number of amides is 3. The van der Waals surface area contributed by atoms with Crippen LogP contribution in [-0.2, 0) is 46.5 Å². The number of unbranched alkanes of at least 4 members (excludes halogenated alkanes) is 1. The van der Waals surface area contributed by atoms with Gasteiger partial charge in [-0.15, -0.1) is 0 Å². The monoisotopic (exact) mass is 534 g/mol. The molecule has 2 heterocycles. The first-order valence-electron chi connectivity index (χ1n) is 12.3. The molecule has 12 heteroatoms. The molecule has 208 valence electrons. The molecule has 38 heavy (non-hydrogen) atoms. The van der Waals surface area contributed by atoms with Crippen LogP contribution in [0.4, 0.5) is 0 Å². The van der Waals surface area contributed by atoms with Gasteiger partial charge in [0, 0.05) is 57.2 Å². The number of carbonyl (C=O) groups excluding carboxylic acids is 5. The van der Waals surface area contributed by atoms with Crippen LogP contribution in [-0.4, -0.2) is 84.3 Å². The Labute approximate surface area is 220 Å². The molecule has 1 aromatic carbocycles. The zero-order chi connectivity index (χ0) is 27.9. The van der Waals surface area contributed by atoms with Crippen LogP contribution < -0.4 is 10.1 Å². The zero-order valence-electron chi connectivity index (χ0n) is 21.2. The van der Waals surface area contributed by atoms with E-state index in [0.717, 1.165) is 24.0 Å². The van der Waals surface area contributed by atoms with Crippen LogP contribution in [0.25, 0.3) is 0 Å². The second-order valence-corrected chi connectivity index (χ2v) is 8.55. The summed E-state index contributed by atoms with van der Waals surface area (Å²) in [6.45, 7) is 0.846. The highest BCUT2D eigenvalue weighted by Crippen LogP contribution is 2.27. The molecule has 3 rings (SSSR count). The lowest BCUT2D eigenvalue weighted by Crippen LogP contribution is -2.39. The highest BCUT2D eigenvalue weighted by atomic mass is 16.7. The molecule has 12 nitrogen and oxygen atoms in total. The largest absolute Gasteiger partial charge is 0.464 e. The number of benzene rings is 1. The number of ether oxygens (including phenoxy) is 3. The number of nitrogens with one attached hydrogen (secondary N) is 1. The number of imide groups is 1. The van der Waals surface area contributed by atoms with Crippen molar-refractivity contribution in [1.82, 2.24) is 10.2 Å². The number of rotatable bonds is 14. The third-order valence-electron chi connectivity index (χ3n) is 5.81. The number of nitrogens with zero attached hydrogens (tertiary/aromatic N) is 1. The van der Waals surface area contributed by atoms with Gasteiger partial charge in [0.1, 0.15) is 24.7 Å². The summed E-state index contributed by atoms with van der Waals surface area (Å²) in [6.07, 6.45) is 3.44. The van der Waals surface area contributed by atoms with Gasteiger partial charge < -0.3 is 34.5 Å². The summed E-state index contributed by atoms with van der Waals surface area (Å²) in [5.74, 6) is -0.613. The summed E-state index contributed by atoms with van der Waals surface area (Å²) in [7, 11) is 1.00. The Balaban J connectivity index is 0.00000247. The highest BCUT2D eigenvalue weighted by molar-refractivity contribution is 6.13. The quantitative estimate of drug-likeness (QED) is 0.170. The molecule has 0 aliphatic carbocycles. The van der Waals surface area contributed by atoms with E-state index in [4.69, 9.17) is 19.3 Å². The maximum atomic E-state index is 12.0. The molecule has 3 amide bonds. The Morgan fingerprint density at radius 1 is 1.16 bits per heavy atom. The normalized spacial score (nSPS) is 20.4. The van der Waals surface area contributed by atoms with Crippen molar-refractivity contribution in [2.75, 3.05) is 20.2 Å². The van der Waals surface area contributed by atoms with E-state index < -0.39 is 30.3 Å². The molecule has 3 atom stereocenters. The Morgan fingerprint density at radius 3 is 2.58 bits per heavy atom. The molecule has 3 N–H and O–H groups in total. The Morgan fingerprint density at radius 2 is 1.89 bits per heavy atom. The molecule has 2 aliphatic heterocycles. The summed E-state index contributed by atoms with van der Waals surface area (Å²) >= 11 is 0. The number of hydrogen-bond donors (Lipinski definition) is 3. The number of aliphatic hydroxyl groups excluding tert-OH is 2. The highest BCUT2D eigenvalue weighted by Gasteiger charge is 2.30. The van der Waals surface area contributed by atoms with Gasteiger partial charge in [-0.25, -0.2) is 0 Å². The number of aldehydes is 1. The van der Waals surface area contributed by atoms with Crippen LogP contribution in [0.3, 0.4) is 0 Å². The Hall–Kier alpha value is -3.61. The van der Waals surface area contributed by atoms with E-state index >= 15 is 0 Å². The van der Waals surface area contributed by atoms with Crippen LogP contribution in [0.2, 0.25) is 0 Å². The molecule has 3 unspecified atom stereocenters. The van der Waals surface area contributed by atoms with Crippen molar-refractivity contribution in [3.8, 4) is 5.75 Å². The summed E-state index contributed by atoms with van der Waals surface area (Å²) in [4.78, 5) is 57.8. The first kappa shape index (κ1) is 30.6. The molecule has 2 aliphatic rings. The van der Waals surface area contributed by atoms with E-state index in [1.165, 1.54) is 12.2 Å². The van der Waals surface area contributed by atoms with Crippen LogP contribution in [0.1, 0.15) is 43.2 Å². The lowest BCUT2D eigenvalue weighted by Gasteiger charge is -2.31. The van der Waals surface area contributed by atoms with E-state index in [2.05, 4.69) is 5.32 Å². The number of carbonyl (C=O) groups is 5. The molecule has 0 saturated carbocycles. The third kappa shape index (κ3) is 9.69. The van der Waals surface area contributed by atoms with Gasteiger partial charge in [-0.3, -0.25) is 24.1 Å². The number of aryl methyl sites for hydroxylation is 1. The van der Waals surface area contributed by atoms with Crippen molar-refractivity contribution in [1.29, 1.82) is 0 Å². The van der Waals surface area contributed by atoms with Gasteiger partial charge in [0.2, 0.25) is 12.2 Å². The SMILES string of the molecule is CO.O=COCc1cc(CCCCNC(=O)CCN2C(=O)C=CC2=O)ccc1OC1CC(O)CC(C=O)O1. The standard InChI is InChI=1S/C25H30N2O9.CH4O/c28-14-20-12-19(30)13-25(35-20)36-21-5-4-17(11-18(21)15-34-16-29)3-1-2-9-26-22(31)8-10-27-23(32)6-7-24(27)33;1-2/h4-7,11,14,16,19-20,25,30H,1-3,8-10,12-13,15H2,(H,26,31);2H,1H3. The van der Waals surface area contributed by atoms with Gasteiger partial charge in [0.15, 0.2) is 0 Å². The molecule has 1 aromatic rings. The van der Waals surface area contributed by atoms with Gasteiger partial charge in [0.25, 0.3) is 18.3 Å². The summed E-state index contributed by atoms with van der Waals surface area (Å²) < 4.78 is 16.3. The first-order valence-corrected chi connectivity index (χ1v) is 12.3. The molecule has 1 saturated heterocycles. The third-order valence-corrected chi connectivity index (χ3v) is 5.81. The molecule has 0 radical (unpaired) electrons. The summed E-state index contributed by atoms with van der Waals surface area (Å²) in [5.41, 5.74) is 1.60. The van der Waals surface area contributed by atoms with Gasteiger partial charge in [0.05, 0.1) is 6.10 Å². The van der Waals surface area contributed by atoms with E-state index in [-0.39, 0.29) is 38.3 Å². The maximum absolute atomic E-state index is 12.0. The van der Waals surface area contributed by atoms with E-state index in [1.807, 2.05) is 12.1 Å². The van der Waals surface area contributed by atoms with Crippen LogP contribution in [0.15, 0.2) is 30.4 Å². The van der Waals surface area contributed by atoms with Crippen LogP contribution >= 0.6 is 0 Å². The van der Waals surface area contributed by atoms with Gasteiger partial charge in [-0.1, -0.05) is 6.07 Å². The van der Waals surface area contributed by atoms with Crippen molar-refractivity contribution in [3.05, 3.63) is 41.5 Å². The summed E-state index contributed by atoms with van der Waals surface area (Å²) in [5, 5.41) is 19.7. The summed E-state index contributed by atoms with van der Waals surface area (Å²) in [6, 6.07) is 5.45. The second kappa shape index (κ2) is 16.3. The maximum Gasteiger partial charge on any atom is 0.293 e. The Kier molecular flexibility index (Phi) is 13.1. The molecule has 1 fully saturated rings. The minimum absolute atomic E-state index is 0.00728. The van der Waals surface area contributed by atoms with Crippen molar-refractivity contribution in [3.63, 3.8) is 0 Å². The minimum atomic E-state index is -0.800. The number of hydrogen-bond acceptors (Lipinski definition) is 10. The lowest BCUT2D eigenvalue weighted by molar-refractivity contribution is -0.176. The topological polar surface area (TPSA) is 169 Å².